The highest BCUT2D eigenvalue weighted by atomic mass is 16.5. The molecule has 1 aromatic rings. The highest BCUT2D eigenvalue weighted by molar-refractivity contribution is 5.86. The molecule has 0 atom stereocenters. The Morgan fingerprint density at radius 2 is 2.17 bits per heavy atom. The zero-order valence-electron chi connectivity index (χ0n) is 10.1. The number of rotatable bonds is 5. The molecule has 0 saturated carbocycles. The van der Waals surface area contributed by atoms with Gasteiger partial charge in [-0.1, -0.05) is 12.1 Å². The van der Waals surface area contributed by atoms with Crippen LogP contribution in [0.3, 0.4) is 0 Å². The Balaban J connectivity index is 2.93. The van der Waals surface area contributed by atoms with Crippen LogP contribution in [0, 0.1) is 0 Å². The number of carboxylic acids is 1. The van der Waals surface area contributed by atoms with E-state index in [0.29, 0.717) is 17.7 Å². The molecule has 0 saturated heterocycles. The summed E-state index contributed by atoms with van der Waals surface area (Å²) in [6.45, 7) is 0. The number of benzene rings is 1. The fourth-order valence-electron chi connectivity index (χ4n) is 1.56. The summed E-state index contributed by atoms with van der Waals surface area (Å²) in [5, 5.41) is 8.60. The summed E-state index contributed by atoms with van der Waals surface area (Å²) in [5.41, 5.74) is 7.80. The quantitative estimate of drug-likeness (QED) is 0.468. The van der Waals surface area contributed by atoms with E-state index in [-0.39, 0.29) is 12.4 Å². The van der Waals surface area contributed by atoms with Crippen molar-refractivity contribution in [2.45, 2.75) is 12.8 Å². The lowest BCUT2D eigenvalue weighted by atomic mass is 10.0. The first kappa shape index (κ1) is 13.8. The SMILES string of the molecule is COC(=O)CCc1c(N)cccc1C=CC(=O)O. The molecule has 5 nitrogen and oxygen atoms in total. The Morgan fingerprint density at radius 3 is 2.78 bits per heavy atom. The summed E-state index contributed by atoms with van der Waals surface area (Å²) in [4.78, 5) is 21.6. The number of carbonyl (C=O) groups is 2. The fraction of sp³-hybridized carbons (Fsp3) is 0.231. The molecule has 3 N–H and O–H groups in total. The Hall–Kier alpha value is -2.30. The lowest BCUT2D eigenvalue weighted by Gasteiger charge is -2.08. The average Bonchev–Trinajstić information content (AvgIpc) is 2.34. The normalized spacial score (nSPS) is 10.5. The molecule has 0 aromatic heterocycles. The van der Waals surface area contributed by atoms with Crippen molar-refractivity contribution in [3.8, 4) is 0 Å². The minimum atomic E-state index is -1.03. The van der Waals surface area contributed by atoms with Crippen molar-refractivity contribution in [3.63, 3.8) is 0 Å². The van der Waals surface area contributed by atoms with E-state index in [4.69, 9.17) is 10.8 Å². The molecule has 0 bridgehead atoms. The summed E-state index contributed by atoms with van der Waals surface area (Å²) >= 11 is 0. The van der Waals surface area contributed by atoms with Gasteiger partial charge in [-0.2, -0.15) is 0 Å². The number of anilines is 1. The van der Waals surface area contributed by atoms with E-state index in [0.717, 1.165) is 11.6 Å². The summed E-state index contributed by atoms with van der Waals surface area (Å²) < 4.78 is 4.56. The number of ether oxygens (including phenoxy) is 1. The van der Waals surface area contributed by atoms with Gasteiger partial charge >= 0.3 is 11.9 Å². The molecule has 0 aliphatic rings. The van der Waals surface area contributed by atoms with Crippen LogP contribution in [0.5, 0.6) is 0 Å². The summed E-state index contributed by atoms with van der Waals surface area (Å²) in [6, 6.07) is 5.20. The van der Waals surface area contributed by atoms with Crippen LogP contribution < -0.4 is 5.73 Å². The molecule has 0 unspecified atom stereocenters. The molecule has 0 aliphatic heterocycles. The van der Waals surface area contributed by atoms with E-state index in [1.165, 1.54) is 13.2 Å². The molecule has 0 aliphatic carbocycles. The van der Waals surface area contributed by atoms with Crippen molar-refractivity contribution in [2.24, 2.45) is 0 Å². The lowest BCUT2D eigenvalue weighted by molar-refractivity contribution is -0.140. The highest BCUT2D eigenvalue weighted by Crippen LogP contribution is 2.20. The van der Waals surface area contributed by atoms with Crippen LogP contribution >= 0.6 is 0 Å². The maximum absolute atomic E-state index is 11.1. The first-order valence-electron chi connectivity index (χ1n) is 5.39. The van der Waals surface area contributed by atoms with Gasteiger partial charge in [-0.05, 0) is 29.7 Å². The summed E-state index contributed by atoms with van der Waals surface area (Å²) in [7, 11) is 1.32. The summed E-state index contributed by atoms with van der Waals surface area (Å²) in [6.07, 6.45) is 3.12. The van der Waals surface area contributed by atoms with Crippen LogP contribution in [0.25, 0.3) is 6.08 Å². The first-order chi connectivity index (χ1) is 8.54. The number of nitrogen functional groups attached to an aromatic ring is 1. The van der Waals surface area contributed by atoms with Gasteiger partial charge in [0.2, 0.25) is 0 Å². The number of hydrogen-bond donors (Lipinski definition) is 2. The Kier molecular flexibility index (Phi) is 4.92. The van der Waals surface area contributed by atoms with E-state index >= 15 is 0 Å². The van der Waals surface area contributed by atoms with Gasteiger partial charge in [0.25, 0.3) is 0 Å². The topological polar surface area (TPSA) is 89.6 Å². The number of carboxylic acid groups (broad SMARTS) is 1. The first-order valence-corrected chi connectivity index (χ1v) is 5.39. The Labute approximate surface area is 105 Å². The number of hydrogen-bond acceptors (Lipinski definition) is 4. The second-order valence-corrected chi connectivity index (χ2v) is 3.66. The molecule has 18 heavy (non-hydrogen) atoms. The maximum atomic E-state index is 11.1. The molecule has 96 valence electrons. The third-order valence-corrected chi connectivity index (χ3v) is 2.46. The van der Waals surface area contributed by atoms with E-state index < -0.39 is 5.97 Å². The number of aliphatic carboxylic acids is 1. The van der Waals surface area contributed by atoms with E-state index in [2.05, 4.69) is 4.74 Å². The molecule has 0 fully saturated rings. The van der Waals surface area contributed by atoms with Crippen LogP contribution in [-0.4, -0.2) is 24.2 Å². The predicted molar refractivity (Wildman–Crippen MR) is 67.9 cm³/mol. The standard InChI is InChI=1S/C13H15NO4/c1-18-13(17)8-6-10-9(5-7-12(15)16)3-2-4-11(10)14/h2-5,7H,6,8,14H2,1H3,(H,15,16). The number of carbonyl (C=O) groups excluding carboxylic acids is 1. The minimum Gasteiger partial charge on any atom is -0.478 e. The van der Waals surface area contributed by atoms with Crippen molar-refractivity contribution in [2.75, 3.05) is 12.8 Å². The third kappa shape index (κ3) is 3.93. The van der Waals surface area contributed by atoms with Gasteiger partial charge in [0.05, 0.1) is 7.11 Å². The monoisotopic (exact) mass is 249 g/mol. The molecule has 0 heterocycles. The van der Waals surface area contributed by atoms with E-state index in [1.807, 2.05) is 0 Å². The van der Waals surface area contributed by atoms with Crippen molar-refractivity contribution >= 4 is 23.7 Å². The minimum absolute atomic E-state index is 0.207. The van der Waals surface area contributed by atoms with Crippen LogP contribution in [0.1, 0.15) is 17.5 Å². The number of nitrogens with two attached hydrogens (primary N) is 1. The number of esters is 1. The zero-order chi connectivity index (χ0) is 13.5. The van der Waals surface area contributed by atoms with Crippen molar-refractivity contribution in [1.29, 1.82) is 0 Å². The van der Waals surface area contributed by atoms with Crippen LogP contribution in [-0.2, 0) is 20.7 Å². The van der Waals surface area contributed by atoms with Crippen LogP contribution in [0.4, 0.5) is 5.69 Å². The molecular weight excluding hydrogens is 234 g/mol. The van der Waals surface area contributed by atoms with Gasteiger partial charge in [0.1, 0.15) is 0 Å². The molecule has 0 spiro atoms. The zero-order valence-corrected chi connectivity index (χ0v) is 10.1. The second-order valence-electron chi connectivity index (χ2n) is 3.66. The molecule has 0 amide bonds. The molecule has 0 radical (unpaired) electrons. The van der Waals surface area contributed by atoms with Gasteiger partial charge in [-0.15, -0.1) is 0 Å². The van der Waals surface area contributed by atoms with Gasteiger partial charge in [0.15, 0.2) is 0 Å². The predicted octanol–water partition coefficient (Wildman–Crippen LogP) is 1.47. The van der Waals surface area contributed by atoms with Gasteiger partial charge in [0, 0.05) is 18.2 Å². The highest BCUT2D eigenvalue weighted by Gasteiger charge is 2.08. The summed E-state index contributed by atoms with van der Waals surface area (Å²) in [5.74, 6) is -1.36. The molecule has 1 aromatic carbocycles. The van der Waals surface area contributed by atoms with E-state index in [1.54, 1.807) is 18.2 Å². The average molecular weight is 249 g/mol. The third-order valence-electron chi connectivity index (χ3n) is 2.46. The number of methoxy groups -OCH3 is 1. The van der Waals surface area contributed by atoms with E-state index in [9.17, 15) is 9.59 Å². The molecule has 5 heteroatoms. The van der Waals surface area contributed by atoms with Gasteiger partial charge in [-0.3, -0.25) is 4.79 Å². The second kappa shape index (κ2) is 6.44. The van der Waals surface area contributed by atoms with Crippen LogP contribution in [0.2, 0.25) is 0 Å². The largest absolute Gasteiger partial charge is 0.478 e. The van der Waals surface area contributed by atoms with Gasteiger partial charge in [-0.25, -0.2) is 4.79 Å². The molecular formula is C13H15NO4. The molecule has 1 rings (SSSR count). The van der Waals surface area contributed by atoms with Gasteiger partial charge < -0.3 is 15.6 Å². The van der Waals surface area contributed by atoms with Crippen molar-refractivity contribution in [1.82, 2.24) is 0 Å². The Bertz CT molecular complexity index is 480. The maximum Gasteiger partial charge on any atom is 0.328 e. The van der Waals surface area contributed by atoms with Crippen LogP contribution in [0.15, 0.2) is 24.3 Å². The van der Waals surface area contributed by atoms with Crippen molar-refractivity contribution in [3.05, 3.63) is 35.4 Å². The Morgan fingerprint density at radius 1 is 1.44 bits per heavy atom. The smallest absolute Gasteiger partial charge is 0.328 e. The lowest BCUT2D eigenvalue weighted by Crippen LogP contribution is -2.05. The fourth-order valence-corrected chi connectivity index (χ4v) is 1.56. The van der Waals surface area contributed by atoms with Crippen molar-refractivity contribution < 1.29 is 19.4 Å².